The highest BCUT2D eigenvalue weighted by Crippen LogP contribution is 2.19. The van der Waals surface area contributed by atoms with E-state index in [1.807, 2.05) is 0 Å². The van der Waals surface area contributed by atoms with E-state index in [0.29, 0.717) is 25.9 Å². The van der Waals surface area contributed by atoms with Crippen molar-refractivity contribution >= 4 is 11.9 Å². The van der Waals surface area contributed by atoms with E-state index < -0.39 is 12.1 Å². The summed E-state index contributed by atoms with van der Waals surface area (Å²) in [4.78, 5) is 24.6. The molecule has 0 fully saturated rings. The summed E-state index contributed by atoms with van der Waals surface area (Å²) >= 11 is 0. The normalized spacial score (nSPS) is 12.5. The zero-order chi connectivity index (χ0) is 50.0. The van der Waals surface area contributed by atoms with Crippen LogP contribution in [-0.2, 0) is 14.3 Å². The summed E-state index contributed by atoms with van der Waals surface area (Å²) in [7, 11) is 0. The van der Waals surface area contributed by atoms with E-state index in [4.69, 9.17) is 4.74 Å². The zero-order valence-electron chi connectivity index (χ0n) is 47.1. The minimum atomic E-state index is -0.671. The number of aliphatic hydroxyl groups is 2. The third kappa shape index (κ3) is 56.0. The quantitative estimate of drug-likeness (QED) is 0.0417. The molecule has 1 amide bonds. The Morgan fingerprint density at radius 1 is 0.348 bits per heavy atom. The number of rotatable bonds is 60. The number of carbonyl (C=O) groups excluding carboxylic acids is 2. The lowest BCUT2D eigenvalue weighted by Crippen LogP contribution is -2.45. The maximum atomic E-state index is 12.5. The molecule has 0 aliphatic heterocycles. The van der Waals surface area contributed by atoms with Gasteiger partial charge in [-0.15, -0.1) is 0 Å². The Kier molecular flexibility index (Phi) is 58.4. The van der Waals surface area contributed by atoms with E-state index in [-0.39, 0.29) is 18.5 Å². The summed E-state index contributed by atoms with van der Waals surface area (Å²) in [5.41, 5.74) is 0. The largest absolute Gasteiger partial charge is 0.466 e. The molecule has 0 saturated heterocycles. The number of ether oxygens (including phenoxy) is 1. The predicted molar refractivity (Wildman–Crippen MR) is 301 cm³/mol. The first kappa shape index (κ1) is 67.9. The standard InChI is InChI=1S/C63H125NO5/c1-3-5-7-9-11-13-15-17-19-21-23-25-27-31-35-39-43-47-51-55-61(66)60(59-65)64-62(67)56-52-48-44-40-36-32-29-30-34-38-42-46-50-54-58-69-63(68)57-53-49-45-41-37-33-28-26-24-22-20-18-16-14-12-10-8-6-4-2/h60-61,65-66H,3-59H2,1-2H3,(H,64,67). The van der Waals surface area contributed by atoms with E-state index in [1.54, 1.807) is 0 Å². The molecule has 0 saturated carbocycles. The number of aliphatic hydroxyl groups excluding tert-OH is 2. The smallest absolute Gasteiger partial charge is 0.305 e. The molecule has 0 aromatic carbocycles. The SMILES string of the molecule is CCCCCCCCCCCCCCCCCCCCCC(=O)OCCCCCCCCCCCCCCCCC(=O)NC(CO)C(O)CCCCCCCCCCCCCCCCCCCCC. The predicted octanol–water partition coefficient (Wildman–Crippen LogP) is 19.9. The number of carbonyl (C=O) groups is 2. The van der Waals surface area contributed by atoms with Crippen molar-refractivity contribution in [1.82, 2.24) is 5.32 Å². The van der Waals surface area contributed by atoms with Crippen LogP contribution in [0.1, 0.15) is 367 Å². The van der Waals surface area contributed by atoms with Crippen LogP contribution in [0, 0.1) is 0 Å². The first-order valence-corrected chi connectivity index (χ1v) is 31.8. The second-order valence-electron chi connectivity index (χ2n) is 22.1. The van der Waals surface area contributed by atoms with Gasteiger partial charge in [0.1, 0.15) is 0 Å². The van der Waals surface area contributed by atoms with Gasteiger partial charge < -0.3 is 20.3 Å². The maximum absolute atomic E-state index is 12.5. The van der Waals surface area contributed by atoms with E-state index in [2.05, 4.69) is 19.2 Å². The molecule has 0 heterocycles. The molecule has 0 aromatic rings. The van der Waals surface area contributed by atoms with Crippen LogP contribution >= 0.6 is 0 Å². The summed E-state index contributed by atoms with van der Waals surface area (Å²) in [6.07, 6.45) is 69.6. The number of esters is 1. The first-order chi connectivity index (χ1) is 34.0. The number of hydrogen-bond donors (Lipinski definition) is 3. The minimum Gasteiger partial charge on any atom is -0.466 e. The second-order valence-corrected chi connectivity index (χ2v) is 22.1. The highest BCUT2D eigenvalue weighted by molar-refractivity contribution is 5.76. The maximum Gasteiger partial charge on any atom is 0.305 e. The lowest BCUT2D eigenvalue weighted by molar-refractivity contribution is -0.143. The molecule has 0 radical (unpaired) electrons. The fourth-order valence-corrected chi connectivity index (χ4v) is 10.3. The molecule has 0 aliphatic rings. The molecule has 69 heavy (non-hydrogen) atoms. The molecule has 0 aromatic heterocycles. The summed E-state index contributed by atoms with van der Waals surface area (Å²) in [5, 5.41) is 23.4. The third-order valence-electron chi connectivity index (χ3n) is 15.2. The van der Waals surface area contributed by atoms with Gasteiger partial charge in [0, 0.05) is 12.8 Å². The Morgan fingerprint density at radius 2 is 0.594 bits per heavy atom. The topological polar surface area (TPSA) is 95.9 Å². The number of nitrogens with one attached hydrogen (secondary N) is 1. The van der Waals surface area contributed by atoms with Gasteiger partial charge in [-0.1, -0.05) is 328 Å². The zero-order valence-corrected chi connectivity index (χ0v) is 47.1. The van der Waals surface area contributed by atoms with Crippen molar-refractivity contribution in [2.45, 2.75) is 379 Å². The van der Waals surface area contributed by atoms with Crippen LogP contribution in [0.25, 0.3) is 0 Å². The van der Waals surface area contributed by atoms with Crippen molar-refractivity contribution in [1.29, 1.82) is 0 Å². The van der Waals surface area contributed by atoms with E-state index >= 15 is 0 Å². The second kappa shape index (κ2) is 59.4. The Balaban J connectivity index is 3.40. The van der Waals surface area contributed by atoms with Crippen molar-refractivity contribution in [2.24, 2.45) is 0 Å². The molecule has 6 nitrogen and oxygen atoms in total. The highest BCUT2D eigenvalue weighted by Gasteiger charge is 2.20. The van der Waals surface area contributed by atoms with Crippen LogP contribution in [0.2, 0.25) is 0 Å². The molecule has 2 unspecified atom stereocenters. The van der Waals surface area contributed by atoms with Crippen LogP contribution in [0.15, 0.2) is 0 Å². The van der Waals surface area contributed by atoms with Gasteiger partial charge in [0.05, 0.1) is 25.4 Å². The lowest BCUT2D eigenvalue weighted by atomic mass is 10.0. The van der Waals surface area contributed by atoms with Crippen molar-refractivity contribution < 1.29 is 24.5 Å². The van der Waals surface area contributed by atoms with Crippen molar-refractivity contribution in [3.05, 3.63) is 0 Å². The van der Waals surface area contributed by atoms with Crippen LogP contribution in [0.5, 0.6) is 0 Å². The van der Waals surface area contributed by atoms with Gasteiger partial charge in [0.15, 0.2) is 0 Å². The Hall–Kier alpha value is -1.14. The summed E-state index contributed by atoms with van der Waals surface area (Å²) < 4.78 is 5.50. The fourth-order valence-electron chi connectivity index (χ4n) is 10.3. The monoisotopic (exact) mass is 976 g/mol. The third-order valence-corrected chi connectivity index (χ3v) is 15.2. The van der Waals surface area contributed by atoms with Crippen LogP contribution < -0.4 is 5.32 Å². The number of amides is 1. The summed E-state index contributed by atoms with van der Waals surface area (Å²) in [6.45, 7) is 4.98. The van der Waals surface area contributed by atoms with Crippen molar-refractivity contribution in [3.8, 4) is 0 Å². The molecule has 412 valence electrons. The number of hydrogen-bond acceptors (Lipinski definition) is 5. The molecule has 0 rings (SSSR count). The Labute approximate surface area is 432 Å². The first-order valence-electron chi connectivity index (χ1n) is 31.8. The molecular formula is C63H125NO5. The molecular weight excluding hydrogens is 851 g/mol. The van der Waals surface area contributed by atoms with Gasteiger partial charge >= 0.3 is 5.97 Å². The fraction of sp³-hybridized carbons (Fsp3) is 0.968. The Morgan fingerprint density at radius 3 is 0.884 bits per heavy atom. The van der Waals surface area contributed by atoms with Gasteiger partial charge in [0.2, 0.25) is 5.91 Å². The lowest BCUT2D eigenvalue weighted by Gasteiger charge is -2.22. The van der Waals surface area contributed by atoms with Gasteiger partial charge in [-0.2, -0.15) is 0 Å². The van der Waals surface area contributed by atoms with Crippen LogP contribution in [-0.4, -0.2) is 47.4 Å². The molecule has 6 heteroatoms. The van der Waals surface area contributed by atoms with Gasteiger partial charge in [-0.05, 0) is 25.7 Å². The average molecular weight is 977 g/mol. The van der Waals surface area contributed by atoms with Gasteiger partial charge in [-0.3, -0.25) is 9.59 Å². The van der Waals surface area contributed by atoms with Crippen LogP contribution in [0.3, 0.4) is 0 Å². The van der Waals surface area contributed by atoms with E-state index in [0.717, 1.165) is 51.4 Å². The average Bonchev–Trinajstić information content (AvgIpc) is 3.35. The molecule has 0 spiro atoms. The molecule has 3 N–H and O–H groups in total. The van der Waals surface area contributed by atoms with Crippen LogP contribution in [0.4, 0.5) is 0 Å². The molecule has 0 aliphatic carbocycles. The minimum absolute atomic E-state index is 0.00416. The van der Waals surface area contributed by atoms with E-state index in [9.17, 15) is 19.8 Å². The Bertz CT molecular complexity index is 990. The summed E-state index contributed by atoms with van der Waals surface area (Å²) in [5.74, 6) is -0.0366. The van der Waals surface area contributed by atoms with Crippen molar-refractivity contribution in [2.75, 3.05) is 13.2 Å². The van der Waals surface area contributed by atoms with E-state index in [1.165, 1.54) is 283 Å². The number of unbranched alkanes of at least 4 members (excludes halogenated alkanes) is 49. The molecule has 0 bridgehead atoms. The molecule has 2 atom stereocenters. The van der Waals surface area contributed by atoms with Gasteiger partial charge in [0.25, 0.3) is 0 Å². The van der Waals surface area contributed by atoms with Crippen molar-refractivity contribution in [3.63, 3.8) is 0 Å². The summed E-state index contributed by atoms with van der Waals surface area (Å²) in [6, 6.07) is -0.549. The van der Waals surface area contributed by atoms with Gasteiger partial charge in [-0.25, -0.2) is 0 Å². The highest BCUT2D eigenvalue weighted by atomic mass is 16.5.